The van der Waals surface area contributed by atoms with Crippen LogP contribution >= 0.6 is 22.7 Å². The van der Waals surface area contributed by atoms with Gasteiger partial charge in [-0.2, -0.15) is 0 Å². The van der Waals surface area contributed by atoms with Crippen molar-refractivity contribution in [1.29, 1.82) is 0 Å². The Bertz CT molecular complexity index is 1350. The Balaban J connectivity index is 1.43. The lowest BCUT2D eigenvalue weighted by Gasteiger charge is -2.18. The van der Waals surface area contributed by atoms with Crippen molar-refractivity contribution in [3.8, 4) is 0 Å². The first-order valence-corrected chi connectivity index (χ1v) is 13.3. The lowest BCUT2D eigenvalue weighted by Crippen LogP contribution is -2.35. The number of carbonyl (C=O) groups excluding carboxylic acids is 2. The van der Waals surface area contributed by atoms with E-state index in [1.807, 2.05) is 17.5 Å². The van der Waals surface area contributed by atoms with Gasteiger partial charge in [0.25, 0.3) is 11.8 Å². The van der Waals surface area contributed by atoms with E-state index >= 15 is 0 Å². The maximum Gasteiger partial charge on any atom is 0.272 e. The average Bonchev–Trinajstić information content (AvgIpc) is 3.54. The van der Waals surface area contributed by atoms with Crippen molar-refractivity contribution in [3.63, 3.8) is 0 Å². The molecule has 34 heavy (non-hydrogen) atoms. The van der Waals surface area contributed by atoms with Gasteiger partial charge in [0.2, 0.25) is 16.0 Å². The fourth-order valence-electron chi connectivity index (χ4n) is 2.94. The molecule has 0 saturated carbocycles. The van der Waals surface area contributed by atoms with Crippen molar-refractivity contribution in [2.75, 3.05) is 4.72 Å². The van der Waals surface area contributed by atoms with Gasteiger partial charge in [-0.05, 0) is 47.5 Å². The normalized spacial score (nSPS) is 15.9. The molecule has 0 bridgehead atoms. The van der Waals surface area contributed by atoms with Gasteiger partial charge in [0, 0.05) is 23.0 Å². The first-order valence-electron chi connectivity index (χ1n) is 9.99. The number of hydrogen-bond donors (Lipinski definition) is 3. The smallest absolute Gasteiger partial charge is 0.272 e. The molecule has 0 spiro atoms. The van der Waals surface area contributed by atoms with Crippen molar-refractivity contribution >= 4 is 56.5 Å². The van der Waals surface area contributed by atoms with Crippen LogP contribution in [-0.4, -0.2) is 35.5 Å². The Morgan fingerprint density at radius 2 is 1.82 bits per heavy atom. The SMILES string of the molecule is O=C(NC1=CCC(S(=O)(=O)Nc2ncccn2)C=C1)/C(=C\c1cccs1)NC(=O)c1cccs1. The second-order valence-corrected chi connectivity index (χ2v) is 10.8. The molecule has 174 valence electrons. The van der Waals surface area contributed by atoms with Crippen LogP contribution in [0.2, 0.25) is 0 Å². The van der Waals surface area contributed by atoms with Gasteiger partial charge in [-0.1, -0.05) is 24.3 Å². The number of carbonyl (C=O) groups is 2. The van der Waals surface area contributed by atoms with Crippen LogP contribution in [0.1, 0.15) is 21.0 Å². The highest BCUT2D eigenvalue weighted by Crippen LogP contribution is 2.19. The molecule has 3 aromatic rings. The Kier molecular flexibility index (Phi) is 7.30. The van der Waals surface area contributed by atoms with Gasteiger partial charge in [-0.25, -0.2) is 18.4 Å². The first-order chi connectivity index (χ1) is 16.4. The number of nitrogens with zero attached hydrogens (tertiary/aromatic N) is 2. The zero-order chi connectivity index (χ0) is 24.0. The number of rotatable bonds is 8. The third-order valence-electron chi connectivity index (χ3n) is 4.58. The van der Waals surface area contributed by atoms with Crippen LogP contribution in [0.15, 0.2) is 83.1 Å². The van der Waals surface area contributed by atoms with Gasteiger partial charge in [0.15, 0.2) is 0 Å². The van der Waals surface area contributed by atoms with Crippen molar-refractivity contribution in [2.45, 2.75) is 11.7 Å². The molecule has 0 aromatic carbocycles. The summed E-state index contributed by atoms with van der Waals surface area (Å²) in [4.78, 5) is 34.5. The van der Waals surface area contributed by atoms with Crippen LogP contribution in [0.5, 0.6) is 0 Å². The van der Waals surface area contributed by atoms with Crippen molar-refractivity contribution in [2.24, 2.45) is 0 Å². The highest BCUT2D eigenvalue weighted by molar-refractivity contribution is 7.93. The summed E-state index contributed by atoms with van der Waals surface area (Å²) < 4.78 is 27.5. The van der Waals surface area contributed by atoms with Crippen LogP contribution in [-0.2, 0) is 14.8 Å². The number of hydrogen-bond acceptors (Lipinski definition) is 8. The van der Waals surface area contributed by atoms with Crippen LogP contribution < -0.4 is 15.4 Å². The highest BCUT2D eigenvalue weighted by Gasteiger charge is 2.25. The van der Waals surface area contributed by atoms with E-state index in [0.29, 0.717) is 10.6 Å². The molecule has 9 nitrogen and oxygen atoms in total. The minimum atomic E-state index is -3.76. The maximum atomic E-state index is 13.0. The van der Waals surface area contributed by atoms with Gasteiger partial charge < -0.3 is 10.6 Å². The minimum Gasteiger partial charge on any atom is -0.321 e. The third kappa shape index (κ3) is 6.04. The number of sulfonamides is 1. The molecule has 0 radical (unpaired) electrons. The highest BCUT2D eigenvalue weighted by atomic mass is 32.2. The number of anilines is 1. The molecule has 1 unspecified atom stereocenters. The van der Waals surface area contributed by atoms with Crippen LogP contribution in [0, 0.1) is 0 Å². The van der Waals surface area contributed by atoms with Gasteiger partial charge in [-0.15, -0.1) is 22.7 Å². The van der Waals surface area contributed by atoms with Crippen LogP contribution in [0.4, 0.5) is 5.95 Å². The summed E-state index contributed by atoms with van der Waals surface area (Å²) >= 11 is 2.69. The molecule has 0 saturated heterocycles. The largest absolute Gasteiger partial charge is 0.321 e. The number of nitrogens with one attached hydrogen (secondary N) is 3. The van der Waals surface area contributed by atoms with Crippen molar-refractivity contribution in [3.05, 3.63) is 92.9 Å². The second kappa shape index (κ2) is 10.5. The summed E-state index contributed by atoms with van der Waals surface area (Å²) in [6, 6.07) is 8.67. The lowest BCUT2D eigenvalue weighted by atomic mass is 10.1. The predicted molar refractivity (Wildman–Crippen MR) is 132 cm³/mol. The van der Waals surface area contributed by atoms with Crippen molar-refractivity contribution in [1.82, 2.24) is 20.6 Å². The fourth-order valence-corrected chi connectivity index (χ4v) is 5.36. The summed E-state index contributed by atoms with van der Waals surface area (Å²) in [6.07, 6.45) is 9.21. The molecule has 2 amide bonds. The van der Waals surface area contributed by atoms with E-state index < -0.39 is 21.2 Å². The number of aromatic nitrogens is 2. The maximum absolute atomic E-state index is 13.0. The van der Waals surface area contributed by atoms with Crippen LogP contribution in [0.3, 0.4) is 0 Å². The molecule has 1 aliphatic carbocycles. The van der Waals surface area contributed by atoms with E-state index in [4.69, 9.17) is 0 Å². The van der Waals surface area contributed by atoms with E-state index in [0.717, 1.165) is 4.88 Å². The van der Waals surface area contributed by atoms with Crippen LogP contribution in [0.25, 0.3) is 6.08 Å². The second-order valence-electron chi connectivity index (χ2n) is 6.97. The monoisotopic (exact) mass is 513 g/mol. The molecule has 1 atom stereocenters. The quantitative estimate of drug-likeness (QED) is 0.397. The van der Waals surface area contributed by atoms with Gasteiger partial charge >= 0.3 is 0 Å². The zero-order valence-electron chi connectivity index (χ0n) is 17.5. The molecular weight excluding hydrogens is 494 g/mol. The van der Waals surface area contributed by atoms with E-state index in [1.165, 1.54) is 47.2 Å². The van der Waals surface area contributed by atoms with E-state index in [1.54, 1.807) is 35.7 Å². The van der Waals surface area contributed by atoms with E-state index in [-0.39, 0.29) is 24.0 Å². The lowest BCUT2D eigenvalue weighted by molar-refractivity contribution is -0.117. The summed E-state index contributed by atoms with van der Waals surface area (Å²) in [5.41, 5.74) is 0.502. The fraction of sp³-hybridized carbons (Fsp3) is 0.0909. The Morgan fingerprint density at radius 3 is 2.47 bits per heavy atom. The van der Waals surface area contributed by atoms with Gasteiger partial charge in [0.05, 0.1) is 4.88 Å². The molecule has 4 rings (SSSR count). The molecule has 1 aliphatic rings. The number of thiophene rings is 2. The minimum absolute atomic E-state index is 0.0104. The van der Waals surface area contributed by atoms with Gasteiger partial charge in [-0.3, -0.25) is 14.3 Å². The zero-order valence-corrected chi connectivity index (χ0v) is 20.0. The molecule has 3 aromatic heterocycles. The molecule has 3 N–H and O–H groups in total. The third-order valence-corrected chi connectivity index (χ3v) is 7.89. The first kappa shape index (κ1) is 23.5. The molecular formula is C22H19N5O4S3. The Morgan fingerprint density at radius 1 is 1.06 bits per heavy atom. The standard InChI is InChI=1S/C22H19N5O4S3/c28-20(18(14-16-4-1-12-32-16)26-21(29)19-5-2-13-33-19)25-15-6-8-17(9-7-15)34(30,31)27-22-23-10-3-11-24-22/h1-8,10-14,17H,9H2,(H,25,28)(H,26,29)(H,23,24,27)/b18-14+. The summed E-state index contributed by atoms with van der Waals surface area (Å²) in [6.45, 7) is 0. The van der Waals surface area contributed by atoms with Gasteiger partial charge in [0.1, 0.15) is 10.9 Å². The molecule has 0 fully saturated rings. The molecule has 12 heteroatoms. The van der Waals surface area contributed by atoms with E-state index in [9.17, 15) is 18.0 Å². The molecule has 0 aliphatic heterocycles. The average molecular weight is 514 g/mol. The number of amides is 2. The summed E-state index contributed by atoms with van der Waals surface area (Å²) in [5.74, 6) is -0.920. The summed E-state index contributed by atoms with van der Waals surface area (Å²) in [5, 5.41) is 8.18. The topological polar surface area (TPSA) is 130 Å². The number of allylic oxidation sites excluding steroid dienone is 2. The Labute approximate surface area is 204 Å². The predicted octanol–water partition coefficient (Wildman–Crippen LogP) is 3.14. The van der Waals surface area contributed by atoms with Crippen molar-refractivity contribution < 1.29 is 18.0 Å². The molecule has 3 heterocycles. The summed E-state index contributed by atoms with van der Waals surface area (Å²) in [7, 11) is -3.76. The Hall–Kier alpha value is -3.61. The van der Waals surface area contributed by atoms with E-state index in [2.05, 4.69) is 25.3 Å².